The summed E-state index contributed by atoms with van der Waals surface area (Å²) in [5.74, 6) is 2.22. The lowest BCUT2D eigenvalue weighted by Gasteiger charge is -2.35. The highest BCUT2D eigenvalue weighted by Crippen LogP contribution is 2.38. The monoisotopic (exact) mass is 849 g/mol. The molecule has 5 N–H and O–H groups in total. The summed E-state index contributed by atoms with van der Waals surface area (Å²) in [6.45, 7) is 11.2. The minimum Gasteiger partial charge on any atom is -0.484 e. The van der Waals surface area contributed by atoms with Crippen LogP contribution in [-0.4, -0.2) is 109 Å². The zero-order valence-corrected chi connectivity index (χ0v) is 36.2. The number of imidazole rings is 2. The summed E-state index contributed by atoms with van der Waals surface area (Å²) in [6, 6.07) is 6.79. The molecule has 62 heavy (non-hydrogen) atoms. The molecule has 3 amide bonds. The van der Waals surface area contributed by atoms with Gasteiger partial charge in [-0.15, -0.1) is 6.58 Å². The quantitative estimate of drug-likeness (QED) is 0.109. The highest BCUT2D eigenvalue weighted by molar-refractivity contribution is 5.87. The van der Waals surface area contributed by atoms with Crippen LogP contribution in [0.25, 0.3) is 28.6 Å². The van der Waals surface area contributed by atoms with E-state index in [1.165, 1.54) is 14.2 Å². The third-order valence-electron chi connectivity index (χ3n) is 12.9. The first-order chi connectivity index (χ1) is 30.0. The molecular weight excluding hydrogens is 791 g/mol. The molecule has 3 aromatic heterocycles. The first kappa shape index (κ1) is 42.8. The number of nitrogens with zero attached hydrogens (tertiary/aromatic N) is 5. The number of carbonyl (C=O) groups is 3. The van der Waals surface area contributed by atoms with Gasteiger partial charge in [0, 0.05) is 30.1 Å². The largest absolute Gasteiger partial charge is 0.484 e. The first-order valence-electron chi connectivity index (χ1n) is 21.9. The maximum atomic E-state index is 13.8. The van der Waals surface area contributed by atoms with Crippen LogP contribution >= 0.6 is 0 Å². The summed E-state index contributed by atoms with van der Waals surface area (Å²) >= 11 is 0. The number of aliphatic hydroxyl groups is 1. The molecule has 0 bridgehead atoms. The van der Waals surface area contributed by atoms with Gasteiger partial charge in [-0.2, -0.15) is 0 Å². The van der Waals surface area contributed by atoms with Crippen LogP contribution in [-0.2, 0) is 14.3 Å². The van der Waals surface area contributed by atoms with Gasteiger partial charge in [0.15, 0.2) is 0 Å². The number of ether oxygens (including phenoxy) is 3. The molecule has 0 spiro atoms. The van der Waals surface area contributed by atoms with Crippen LogP contribution in [0.1, 0.15) is 102 Å². The number of hydrogen-bond donors (Lipinski definition) is 5. The van der Waals surface area contributed by atoms with E-state index in [4.69, 9.17) is 24.2 Å². The van der Waals surface area contributed by atoms with Gasteiger partial charge in [-0.3, -0.25) is 9.69 Å². The number of benzene rings is 1. The molecule has 3 fully saturated rings. The number of methoxy groups -OCH3 is 2. The van der Waals surface area contributed by atoms with Crippen molar-refractivity contribution >= 4 is 29.7 Å². The van der Waals surface area contributed by atoms with Gasteiger partial charge in [0.2, 0.25) is 5.91 Å². The topological polar surface area (TPSA) is 192 Å². The minimum atomic E-state index is -0.923. The SMILES string of the molecule is C=CCCC1C=c2c(=C(C)c3cnc(C4CCCN4C(=O)C(NC(=O)OC)C4CC4)[nH]3)ccn2-c2ccc(-c3cnc(C4CCCN4C(O)C(NC(=O)OC)C(C)C)[nH]3)cc2O1. The molecule has 4 aromatic rings. The number of carbonyl (C=O) groups excluding carboxylic acids is 3. The standard InChI is InChI=1S/C46H59N9O7/c1-7-8-11-30-23-37-31(27(4)32-24-47-41(49-32)35-12-10-20-55(35)44(57)40(28-14-15-28)52-46(59)61-6)18-21-53(37)34-17-16-29(22-38(34)62-30)33-25-48-42(50-33)36-13-9-19-54(36)43(56)39(26(2)3)51-45(58)60-5/h7,16-18,21-26,28,30,35-36,39-40,43,56H,1,8-15,19-20H2,2-6H3,(H,47,49)(H,48,50)(H,51,58)(H,52,59). The third-order valence-corrected chi connectivity index (χ3v) is 12.9. The number of aromatic amines is 2. The lowest BCUT2D eigenvalue weighted by atomic mass is 10.0. The van der Waals surface area contributed by atoms with Crippen molar-refractivity contribution in [3.8, 4) is 22.7 Å². The lowest BCUT2D eigenvalue weighted by Crippen LogP contribution is -2.54. The van der Waals surface area contributed by atoms with Crippen molar-refractivity contribution in [2.24, 2.45) is 11.8 Å². The van der Waals surface area contributed by atoms with Crippen LogP contribution in [0.2, 0.25) is 0 Å². The Morgan fingerprint density at radius 3 is 2.45 bits per heavy atom. The van der Waals surface area contributed by atoms with Crippen molar-refractivity contribution in [2.45, 2.75) is 109 Å². The van der Waals surface area contributed by atoms with Crippen molar-refractivity contribution in [2.75, 3.05) is 27.3 Å². The van der Waals surface area contributed by atoms with Crippen molar-refractivity contribution in [3.63, 3.8) is 0 Å². The van der Waals surface area contributed by atoms with Gasteiger partial charge in [-0.05, 0) is 100.0 Å². The fraction of sp³-hybridized carbons (Fsp3) is 0.500. The predicted octanol–water partition coefficient (Wildman–Crippen LogP) is 4.95. The number of allylic oxidation sites excluding steroid dienone is 1. The highest BCUT2D eigenvalue weighted by atomic mass is 16.5. The molecule has 3 aliphatic heterocycles. The number of hydrogen-bond acceptors (Lipinski definition) is 10. The van der Waals surface area contributed by atoms with E-state index < -0.39 is 30.5 Å². The second-order valence-corrected chi connectivity index (χ2v) is 17.2. The van der Waals surface area contributed by atoms with E-state index in [0.29, 0.717) is 13.1 Å². The average molecular weight is 850 g/mol. The Kier molecular flexibility index (Phi) is 12.6. The molecule has 4 aliphatic rings. The van der Waals surface area contributed by atoms with Crippen LogP contribution in [0.4, 0.5) is 9.59 Å². The number of H-pyrrole nitrogens is 2. The fourth-order valence-corrected chi connectivity index (χ4v) is 9.28. The maximum Gasteiger partial charge on any atom is 0.407 e. The molecule has 1 aliphatic carbocycles. The van der Waals surface area contributed by atoms with E-state index >= 15 is 0 Å². The van der Waals surface area contributed by atoms with E-state index in [0.717, 1.165) is 108 Å². The summed E-state index contributed by atoms with van der Waals surface area (Å²) in [6.07, 6.45) is 14.1. The fourth-order valence-electron chi connectivity index (χ4n) is 9.28. The van der Waals surface area contributed by atoms with E-state index in [9.17, 15) is 19.5 Å². The minimum absolute atomic E-state index is 0.0297. The van der Waals surface area contributed by atoms with Crippen LogP contribution in [0, 0.1) is 11.8 Å². The number of nitrogens with one attached hydrogen (secondary N) is 4. The molecule has 6 unspecified atom stereocenters. The van der Waals surface area contributed by atoms with E-state index in [-0.39, 0.29) is 35.9 Å². The van der Waals surface area contributed by atoms with Crippen molar-refractivity contribution in [1.29, 1.82) is 0 Å². The second kappa shape index (κ2) is 18.2. The Hall–Kier alpha value is -5.87. The van der Waals surface area contributed by atoms with Crippen LogP contribution in [0.15, 0.2) is 55.5 Å². The van der Waals surface area contributed by atoms with Crippen molar-refractivity contribution < 1.29 is 33.7 Å². The molecule has 0 radical (unpaired) electrons. The molecule has 6 heterocycles. The van der Waals surface area contributed by atoms with Gasteiger partial charge in [0.1, 0.15) is 35.8 Å². The zero-order valence-electron chi connectivity index (χ0n) is 36.2. The maximum absolute atomic E-state index is 13.8. The Morgan fingerprint density at radius 1 is 0.984 bits per heavy atom. The number of aliphatic hydroxyl groups excluding tert-OH is 1. The number of amides is 3. The number of alkyl carbamates (subject to hydrolysis) is 2. The van der Waals surface area contributed by atoms with Gasteiger partial charge < -0.3 is 49.4 Å². The molecule has 16 heteroatoms. The number of rotatable bonds is 14. The molecule has 6 atom stereocenters. The summed E-state index contributed by atoms with van der Waals surface area (Å²) in [5, 5.41) is 19.1. The van der Waals surface area contributed by atoms with E-state index in [1.54, 1.807) is 0 Å². The molecular formula is C46H59N9O7. The molecule has 1 aromatic carbocycles. The summed E-state index contributed by atoms with van der Waals surface area (Å²) in [4.78, 5) is 58.6. The average Bonchev–Trinajstić information content (AvgIpc) is 3.85. The summed E-state index contributed by atoms with van der Waals surface area (Å²) in [7, 11) is 2.63. The van der Waals surface area contributed by atoms with Crippen molar-refractivity contribution in [1.82, 2.24) is 44.9 Å². The van der Waals surface area contributed by atoms with E-state index in [2.05, 4.69) is 69.1 Å². The van der Waals surface area contributed by atoms with Gasteiger partial charge in [0.05, 0.1) is 67.2 Å². The second-order valence-electron chi connectivity index (χ2n) is 17.2. The summed E-state index contributed by atoms with van der Waals surface area (Å²) < 4.78 is 18.6. The number of likely N-dealkylation sites (tertiary alicyclic amines) is 2. The molecule has 1 saturated carbocycles. The normalized spacial score (nSPS) is 21.7. The smallest absolute Gasteiger partial charge is 0.407 e. The number of fused-ring (bicyclic) bond motifs is 3. The third kappa shape index (κ3) is 8.62. The Morgan fingerprint density at radius 2 is 1.71 bits per heavy atom. The molecule has 330 valence electrons. The highest BCUT2D eigenvalue weighted by Gasteiger charge is 2.43. The molecule has 2 saturated heterocycles. The van der Waals surface area contributed by atoms with Gasteiger partial charge in [-0.1, -0.05) is 26.0 Å². The Labute approximate surface area is 361 Å². The molecule has 16 nitrogen and oxygen atoms in total. The Bertz CT molecular complexity index is 2410. The van der Waals surface area contributed by atoms with E-state index in [1.807, 2.05) is 48.2 Å². The van der Waals surface area contributed by atoms with Crippen LogP contribution < -0.4 is 25.9 Å². The van der Waals surface area contributed by atoms with Crippen LogP contribution in [0.3, 0.4) is 0 Å². The van der Waals surface area contributed by atoms with Gasteiger partial charge in [-0.25, -0.2) is 19.6 Å². The first-order valence-corrected chi connectivity index (χ1v) is 21.9. The zero-order chi connectivity index (χ0) is 43.7. The van der Waals surface area contributed by atoms with Gasteiger partial charge >= 0.3 is 12.2 Å². The van der Waals surface area contributed by atoms with Gasteiger partial charge in [0.25, 0.3) is 0 Å². The van der Waals surface area contributed by atoms with Crippen LogP contribution in [0.5, 0.6) is 5.75 Å². The lowest BCUT2D eigenvalue weighted by molar-refractivity contribution is -0.135. The molecule has 8 rings (SSSR count). The summed E-state index contributed by atoms with van der Waals surface area (Å²) in [5.41, 5.74) is 4.51. The Balaban J connectivity index is 1.06. The van der Waals surface area contributed by atoms with Crippen molar-refractivity contribution in [3.05, 3.63) is 83.4 Å². The number of aromatic nitrogens is 5. The predicted molar refractivity (Wildman–Crippen MR) is 232 cm³/mol.